The Hall–Kier alpha value is -1.39. The summed E-state index contributed by atoms with van der Waals surface area (Å²) in [5.41, 5.74) is 1.31. The Kier molecular flexibility index (Phi) is 4.73. The molecule has 0 radical (unpaired) electrons. The fourth-order valence-electron chi connectivity index (χ4n) is 2.06. The number of methoxy groups -OCH3 is 1. The molecular weight excluding hydrogens is 228 g/mol. The number of hydrogen-bond donors (Lipinski definition) is 2. The van der Waals surface area contributed by atoms with E-state index in [1.54, 1.807) is 7.11 Å². The first-order chi connectivity index (χ1) is 8.81. The van der Waals surface area contributed by atoms with Crippen LogP contribution in [-0.4, -0.2) is 38.8 Å². The van der Waals surface area contributed by atoms with Crippen LogP contribution < -0.4 is 10.6 Å². The van der Waals surface area contributed by atoms with Gasteiger partial charge in [-0.15, -0.1) is 0 Å². The van der Waals surface area contributed by atoms with Crippen molar-refractivity contribution in [3.63, 3.8) is 0 Å². The summed E-state index contributed by atoms with van der Waals surface area (Å²) in [6.07, 6.45) is 1.05. The highest BCUT2D eigenvalue weighted by molar-refractivity contribution is 5.78. The molecule has 2 unspecified atom stereocenters. The minimum atomic E-state index is 0.0644. The Morgan fingerprint density at radius 2 is 2.17 bits per heavy atom. The molecule has 0 saturated heterocycles. The lowest BCUT2D eigenvalue weighted by atomic mass is 10.1. The third-order valence-electron chi connectivity index (χ3n) is 3.13. The van der Waals surface area contributed by atoms with E-state index in [0.717, 1.165) is 6.42 Å². The highest BCUT2D eigenvalue weighted by Crippen LogP contribution is 2.40. The van der Waals surface area contributed by atoms with Crippen LogP contribution >= 0.6 is 0 Å². The second-order valence-corrected chi connectivity index (χ2v) is 4.60. The van der Waals surface area contributed by atoms with Crippen molar-refractivity contribution in [2.45, 2.75) is 18.4 Å². The molecule has 1 aliphatic rings. The Labute approximate surface area is 108 Å². The SMILES string of the molecule is COCCNCC(=O)NC1CC1c1ccccc1. The molecule has 1 saturated carbocycles. The van der Waals surface area contributed by atoms with Crippen LogP contribution in [0.25, 0.3) is 0 Å². The van der Waals surface area contributed by atoms with Gasteiger partial charge in [-0.25, -0.2) is 0 Å². The lowest BCUT2D eigenvalue weighted by molar-refractivity contribution is -0.120. The van der Waals surface area contributed by atoms with Crippen molar-refractivity contribution in [2.24, 2.45) is 0 Å². The summed E-state index contributed by atoms with van der Waals surface area (Å²) in [7, 11) is 1.65. The first kappa shape index (κ1) is 13.1. The molecule has 2 rings (SSSR count). The van der Waals surface area contributed by atoms with Gasteiger partial charge in [-0.1, -0.05) is 30.3 Å². The summed E-state index contributed by atoms with van der Waals surface area (Å²) < 4.78 is 4.90. The van der Waals surface area contributed by atoms with Crippen LogP contribution in [0.2, 0.25) is 0 Å². The van der Waals surface area contributed by atoms with Gasteiger partial charge in [0.25, 0.3) is 0 Å². The molecule has 1 fully saturated rings. The summed E-state index contributed by atoms with van der Waals surface area (Å²) in [4.78, 5) is 11.6. The third kappa shape index (κ3) is 3.82. The molecule has 0 aliphatic heterocycles. The number of amides is 1. The maximum Gasteiger partial charge on any atom is 0.234 e. The van der Waals surface area contributed by atoms with E-state index in [2.05, 4.69) is 22.8 Å². The van der Waals surface area contributed by atoms with Crippen LogP contribution in [0.15, 0.2) is 30.3 Å². The fraction of sp³-hybridized carbons (Fsp3) is 0.500. The standard InChI is InChI=1S/C14H20N2O2/c1-18-8-7-15-10-14(17)16-13-9-12(13)11-5-3-2-4-6-11/h2-6,12-13,15H,7-10H2,1H3,(H,16,17). The van der Waals surface area contributed by atoms with Gasteiger partial charge in [0.05, 0.1) is 13.2 Å². The Morgan fingerprint density at radius 1 is 1.39 bits per heavy atom. The molecule has 0 aromatic heterocycles. The number of carbonyl (C=O) groups is 1. The molecule has 1 amide bonds. The zero-order valence-electron chi connectivity index (χ0n) is 10.7. The first-order valence-electron chi connectivity index (χ1n) is 6.35. The molecule has 1 aromatic rings. The summed E-state index contributed by atoms with van der Waals surface area (Å²) in [5.74, 6) is 0.559. The normalized spacial score (nSPS) is 21.6. The van der Waals surface area contributed by atoms with Gasteiger partial charge in [0.1, 0.15) is 0 Å². The smallest absolute Gasteiger partial charge is 0.234 e. The predicted octanol–water partition coefficient (Wildman–Crippen LogP) is 0.895. The molecule has 2 N–H and O–H groups in total. The monoisotopic (exact) mass is 248 g/mol. The molecule has 1 aliphatic carbocycles. The zero-order valence-corrected chi connectivity index (χ0v) is 10.7. The number of carbonyl (C=O) groups excluding carboxylic acids is 1. The summed E-state index contributed by atoms with van der Waals surface area (Å²) in [6.45, 7) is 1.70. The Bertz CT molecular complexity index is 381. The topological polar surface area (TPSA) is 50.4 Å². The van der Waals surface area contributed by atoms with E-state index in [1.165, 1.54) is 5.56 Å². The third-order valence-corrected chi connectivity index (χ3v) is 3.13. The quantitative estimate of drug-likeness (QED) is 0.705. The van der Waals surface area contributed by atoms with Crippen molar-refractivity contribution in [1.29, 1.82) is 0 Å². The Balaban J connectivity index is 1.65. The van der Waals surface area contributed by atoms with Gasteiger partial charge in [0.2, 0.25) is 5.91 Å². The van der Waals surface area contributed by atoms with Gasteiger partial charge in [-0.3, -0.25) is 4.79 Å². The first-order valence-corrected chi connectivity index (χ1v) is 6.35. The Morgan fingerprint density at radius 3 is 2.89 bits per heavy atom. The maximum atomic E-state index is 11.6. The van der Waals surface area contributed by atoms with E-state index in [0.29, 0.717) is 31.7 Å². The molecule has 4 heteroatoms. The van der Waals surface area contributed by atoms with E-state index < -0.39 is 0 Å². The van der Waals surface area contributed by atoms with Crippen LogP contribution in [0.1, 0.15) is 17.9 Å². The van der Waals surface area contributed by atoms with Gasteiger partial charge in [-0.2, -0.15) is 0 Å². The van der Waals surface area contributed by atoms with Crippen molar-refractivity contribution < 1.29 is 9.53 Å². The predicted molar refractivity (Wildman–Crippen MR) is 70.5 cm³/mol. The highest BCUT2D eigenvalue weighted by Gasteiger charge is 2.39. The second-order valence-electron chi connectivity index (χ2n) is 4.60. The molecule has 0 bridgehead atoms. The van der Waals surface area contributed by atoms with Crippen molar-refractivity contribution in [1.82, 2.24) is 10.6 Å². The van der Waals surface area contributed by atoms with E-state index in [4.69, 9.17) is 4.74 Å². The van der Waals surface area contributed by atoms with Crippen LogP contribution in [0.4, 0.5) is 0 Å². The highest BCUT2D eigenvalue weighted by atomic mass is 16.5. The van der Waals surface area contributed by atoms with Crippen LogP contribution in [0.3, 0.4) is 0 Å². The van der Waals surface area contributed by atoms with Crippen molar-refractivity contribution in [3.8, 4) is 0 Å². The average Bonchev–Trinajstić information content (AvgIpc) is 3.15. The van der Waals surface area contributed by atoms with Gasteiger partial charge < -0.3 is 15.4 Å². The van der Waals surface area contributed by atoms with E-state index in [1.807, 2.05) is 18.2 Å². The van der Waals surface area contributed by atoms with Crippen molar-refractivity contribution >= 4 is 5.91 Å². The van der Waals surface area contributed by atoms with Crippen molar-refractivity contribution in [2.75, 3.05) is 26.8 Å². The van der Waals surface area contributed by atoms with Gasteiger partial charge in [-0.05, 0) is 12.0 Å². The molecule has 18 heavy (non-hydrogen) atoms. The molecule has 0 spiro atoms. The number of nitrogens with one attached hydrogen (secondary N) is 2. The minimum Gasteiger partial charge on any atom is -0.383 e. The zero-order chi connectivity index (χ0) is 12.8. The number of benzene rings is 1. The van der Waals surface area contributed by atoms with E-state index in [-0.39, 0.29) is 5.91 Å². The van der Waals surface area contributed by atoms with Gasteiger partial charge >= 0.3 is 0 Å². The number of hydrogen-bond acceptors (Lipinski definition) is 3. The number of ether oxygens (including phenoxy) is 1. The molecule has 0 heterocycles. The molecule has 2 atom stereocenters. The summed E-state index contributed by atoms with van der Waals surface area (Å²) in [6, 6.07) is 10.6. The molecule has 1 aromatic carbocycles. The van der Waals surface area contributed by atoms with Gasteiger partial charge in [0, 0.05) is 25.6 Å². The lowest BCUT2D eigenvalue weighted by Gasteiger charge is -2.06. The molecular formula is C14H20N2O2. The minimum absolute atomic E-state index is 0.0644. The van der Waals surface area contributed by atoms with Crippen LogP contribution in [0, 0.1) is 0 Å². The van der Waals surface area contributed by atoms with Gasteiger partial charge in [0.15, 0.2) is 0 Å². The lowest BCUT2D eigenvalue weighted by Crippen LogP contribution is -2.36. The number of rotatable bonds is 7. The van der Waals surface area contributed by atoms with Crippen molar-refractivity contribution in [3.05, 3.63) is 35.9 Å². The summed E-state index contributed by atoms with van der Waals surface area (Å²) in [5, 5.41) is 6.07. The largest absolute Gasteiger partial charge is 0.383 e. The van der Waals surface area contributed by atoms with E-state index >= 15 is 0 Å². The second kappa shape index (κ2) is 6.52. The summed E-state index contributed by atoms with van der Waals surface area (Å²) >= 11 is 0. The van der Waals surface area contributed by atoms with Crippen LogP contribution in [-0.2, 0) is 9.53 Å². The molecule has 98 valence electrons. The average molecular weight is 248 g/mol. The van der Waals surface area contributed by atoms with E-state index in [9.17, 15) is 4.79 Å². The molecule has 4 nitrogen and oxygen atoms in total. The fourth-order valence-corrected chi connectivity index (χ4v) is 2.06. The van der Waals surface area contributed by atoms with Crippen LogP contribution in [0.5, 0.6) is 0 Å². The maximum absolute atomic E-state index is 11.6.